The number of amides is 1. The van der Waals surface area contributed by atoms with E-state index in [4.69, 9.17) is 4.42 Å². The van der Waals surface area contributed by atoms with Gasteiger partial charge in [0.2, 0.25) is 11.8 Å². The monoisotopic (exact) mass is 311 g/mol. The van der Waals surface area contributed by atoms with E-state index in [2.05, 4.69) is 15.5 Å². The standard InChI is InChI=1S/C13H11F2N3O2S/c14-8-3-4-10(9(15)5-8)16-11(19)6-21-13-18-17-12(20-13)7-1-2-7/h3-5,7H,1-2,6H2,(H,16,19). The van der Waals surface area contributed by atoms with Crippen LogP contribution < -0.4 is 5.32 Å². The second kappa shape index (κ2) is 5.80. The first-order chi connectivity index (χ1) is 10.1. The molecule has 1 aromatic heterocycles. The van der Waals surface area contributed by atoms with Crippen molar-refractivity contribution in [2.24, 2.45) is 0 Å². The number of hydrogen-bond donors (Lipinski definition) is 1. The summed E-state index contributed by atoms with van der Waals surface area (Å²) < 4.78 is 31.5. The molecule has 1 N–H and O–H groups in total. The van der Waals surface area contributed by atoms with Crippen molar-refractivity contribution in [3.8, 4) is 0 Å². The van der Waals surface area contributed by atoms with Crippen LogP contribution in [0.4, 0.5) is 14.5 Å². The van der Waals surface area contributed by atoms with Gasteiger partial charge >= 0.3 is 0 Å². The van der Waals surface area contributed by atoms with Crippen LogP contribution in [0.5, 0.6) is 0 Å². The van der Waals surface area contributed by atoms with Gasteiger partial charge in [-0.3, -0.25) is 4.79 Å². The molecule has 0 bridgehead atoms. The van der Waals surface area contributed by atoms with E-state index >= 15 is 0 Å². The third kappa shape index (κ3) is 3.57. The van der Waals surface area contributed by atoms with Gasteiger partial charge in [0.05, 0.1) is 11.4 Å². The number of benzene rings is 1. The Morgan fingerprint density at radius 1 is 1.38 bits per heavy atom. The van der Waals surface area contributed by atoms with Gasteiger partial charge in [0.1, 0.15) is 11.6 Å². The minimum Gasteiger partial charge on any atom is -0.416 e. The molecular weight excluding hydrogens is 300 g/mol. The summed E-state index contributed by atoms with van der Waals surface area (Å²) in [5.41, 5.74) is -0.0637. The third-order valence-electron chi connectivity index (χ3n) is 2.88. The lowest BCUT2D eigenvalue weighted by Crippen LogP contribution is -2.15. The van der Waals surface area contributed by atoms with E-state index in [-0.39, 0.29) is 11.4 Å². The zero-order valence-corrected chi connectivity index (χ0v) is 11.6. The fourth-order valence-corrected chi connectivity index (χ4v) is 2.25. The average molecular weight is 311 g/mol. The second-order valence-corrected chi connectivity index (χ2v) is 5.57. The summed E-state index contributed by atoms with van der Waals surface area (Å²) >= 11 is 1.07. The van der Waals surface area contributed by atoms with Crippen LogP contribution in [0.1, 0.15) is 24.7 Å². The maximum absolute atomic E-state index is 13.4. The van der Waals surface area contributed by atoms with Crippen molar-refractivity contribution in [1.29, 1.82) is 0 Å². The van der Waals surface area contributed by atoms with Crippen molar-refractivity contribution in [2.75, 3.05) is 11.1 Å². The van der Waals surface area contributed by atoms with Gasteiger partial charge in [0, 0.05) is 12.0 Å². The topological polar surface area (TPSA) is 68.0 Å². The SMILES string of the molecule is O=C(CSc1nnc(C2CC2)o1)Nc1ccc(F)cc1F. The van der Waals surface area contributed by atoms with E-state index in [1.165, 1.54) is 6.07 Å². The molecule has 2 aromatic rings. The molecule has 0 spiro atoms. The Morgan fingerprint density at radius 3 is 2.90 bits per heavy atom. The summed E-state index contributed by atoms with van der Waals surface area (Å²) in [6, 6.07) is 2.96. The fourth-order valence-electron chi connectivity index (χ4n) is 1.68. The van der Waals surface area contributed by atoms with Crippen LogP contribution in [0.2, 0.25) is 0 Å². The number of hydrogen-bond acceptors (Lipinski definition) is 5. The zero-order chi connectivity index (χ0) is 14.8. The highest BCUT2D eigenvalue weighted by atomic mass is 32.2. The smallest absolute Gasteiger partial charge is 0.277 e. The Morgan fingerprint density at radius 2 is 2.19 bits per heavy atom. The van der Waals surface area contributed by atoms with Gasteiger partial charge in [0.25, 0.3) is 5.22 Å². The molecule has 1 aliphatic rings. The van der Waals surface area contributed by atoms with Crippen LogP contribution >= 0.6 is 11.8 Å². The second-order valence-electron chi connectivity index (χ2n) is 4.64. The Balaban J connectivity index is 1.53. The maximum atomic E-state index is 13.4. The number of nitrogens with one attached hydrogen (secondary N) is 1. The Bertz CT molecular complexity index is 673. The molecule has 110 valence electrons. The molecular formula is C13H11F2N3O2S. The van der Waals surface area contributed by atoms with Crippen molar-refractivity contribution in [3.63, 3.8) is 0 Å². The minimum absolute atomic E-state index is 0.00309. The first kappa shape index (κ1) is 14.0. The number of nitrogens with zero attached hydrogens (tertiary/aromatic N) is 2. The number of aromatic nitrogens is 2. The van der Waals surface area contributed by atoms with Crippen molar-refractivity contribution in [1.82, 2.24) is 10.2 Å². The van der Waals surface area contributed by atoms with Gasteiger partial charge in [-0.1, -0.05) is 11.8 Å². The predicted octanol–water partition coefficient (Wildman–Crippen LogP) is 2.96. The Hall–Kier alpha value is -1.96. The fraction of sp³-hybridized carbons (Fsp3) is 0.308. The Labute approximate surface area is 123 Å². The van der Waals surface area contributed by atoms with Gasteiger partial charge in [-0.2, -0.15) is 0 Å². The van der Waals surface area contributed by atoms with Crippen LogP contribution in [0.15, 0.2) is 27.8 Å². The molecule has 3 rings (SSSR count). The summed E-state index contributed by atoms with van der Waals surface area (Å²) in [5.74, 6) is -0.989. The summed E-state index contributed by atoms with van der Waals surface area (Å²) in [6.45, 7) is 0. The lowest BCUT2D eigenvalue weighted by molar-refractivity contribution is -0.113. The summed E-state index contributed by atoms with van der Waals surface area (Å²) in [5, 5.41) is 10.4. The van der Waals surface area contributed by atoms with E-state index in [0.29, 0.717) is 23.1 Å². The molecule has 1 fully saturated rings. The third-order valence-corrected chi connectivity index (χ3v) is 3.70. The van der Waals surface area contributed by atoms with E-state index in [1.807, 2.05) is 0 Å². The van der Waals surface area contributed by atoms with Crippen molar-refractivity contribution in [2.45, 2.75) is 24.0 Å². The van der Waals surface area contributed by atoms with E-state index < -0.39 is 17.5 Å². The van der Waals surface area contributed by atoms with Gasteiger partial charge in [-0.15, -0.1) is 10.2 Å². The number of thioether (sulfide) groups is 1. The number of anilines is 1. The molecule has 0 aliphatic heterocycles. The van der Waals surface area contributed by atoms with Gasteiger partial charge in [-0.25, -0.2) is 8.78 Å². The molecule has 21 heavy (non-hydrogen) atoms. The normalized spacial score (nSPS) is 14.2. The highest BCUT2D eigenvalue weighted by Crippen LogP contribution is 2.39. The highest BCUT2D eigenvalue weighted by Gasteiger charge is 2.29. The van der Waals surface area contributed by atoms with E-state index in [0.717, 1.165) is 30.7 Å². The molecule has 0 unspecified atom stereocenters. The largest absolute Gasteiger partial charge is 0.416 e. The molecule has 0 atom stereocenters. The lowest BCUT2D eigenvalue weighted by Gasteiger charge is -2.05. The predicted molar refractivity (Wildman–Crippen MR) is 72.0 cm³/mol. The molecule has 8 heteroatoms. The van der Waals surface area contributed by atoms with Crippen LogP contribution in [-0.4, -0.2) is 21.9 Å². The lowest BCUT2D eigenvalue weighted by atomic mass is 10.3. The van der Waals surface area contributed by atoms with Crippen molar-refractivity contribution < 1.29 is 18.0 Å². The Kier molecular flexibility index (Phi) is 3.87. The maximum Gasteiger partial charge on any atom is 0.277 e. The molecule has 1 amide bonds. The van der Waals surface area contributed by atoms with Crippen LogP contribution in [0, 0.1) is 11.6 Å². The molecule has 1 aliphatic carbocycles. The molecule has 0 saturated heterocycles. The minimum atomic E-state index is -0.817. The van der Waals surface area contributed by atoms with Gasteiger partial charge in [0.15, 0.2) is 0 Å². The summed E-state index contributed by atoms with van der Waals surface area (Å²) in [7, 11) is 0. The molecule has 1 saturated carbocycles. The molecule has 0 radical (unpaired) electrons. The van der Waals surface area contributed by atoms with E-state index in [9.17, 15) is 13.6 Å². The van der Waals surface area contributed by atoms with Crippen LogP contribution in [0.25, 0.3) is 0 Å². The number of carbonyl (C=O) groups excluding carboxylic acids is 1. The molecule has 5 nitrogen and oxygen atoms in total. The number of carbonyl (C=O) groups is 1. The van der Waals surface area contributed by atoms with Crippen molar-refractivity contribution >= 4 is 23.4 Å². The van der Waals surface area contributed by atoms with Crippen LogP contribution in [-0.2, 0) is 4.79 Å². The number of halogens is 2. The summed E-state index contributed by atoms with van der Waals surface area (Å²) in [4.78, 5) is 11.7. The molecule has 1 aromatic carbocycles. The average Bonchev–Trinajstić information content (AvgIpc) is 3.19. The summed E-state index contributed by atoms with van der Waals surface area (Å²) in [6.07, 6.45) is 2.10. The molecule has 1 heterocycles. The first-order valence-corrected chi connectivity index (χ1v) is 7.31. The first-order valence-electron chi connectivity index (χ1n) is 6.33. The quantitative estimate of drug-likeness (QED) is 0.860. The van der Waals surface area contributed by atoms with Gasteiger partial charge < -0.3 is 9.73 Å². The van der Waals surface area contributed by atoms with Gasteiger partial charge in [-0.05, 0) is 25.0 Å². The van der Waals surface area contributed by atoms with E-state index in [1.54, 1.807) is 0 Å². The zero-order valence-electron chi connectivity index (χ0n) is 10.8. The van der Waals surface area contributed by atoms with Crippen molar-refractivity contribution in [3.05, 3.63) is 35.7 Å². The number of rotatable bonds is 5. The van der Waals surface area contributed by atoms with Crippen LogP contribution in [0.3, 0.4) is 0 Å². The highest BCUT2D eigenvalue weighted by molar-refractivity contribution is 7.99.